The van der Waals surface area contributed by atoms with Crippen LogP contribution in [0.2, 0.25) is 0 Å². The number of aromatic nitrogens is 5. The van der Waals surface area contributed by atoms with Crippen LogP contribution >= 0.6 is 0 Å². The quantitative estimate of drug-likeness (QED) is 0.359. The molecule has 0 amide bonds. The molecule has 36 heavy (non-hydrogen) atoms. The van der Waals surface area contributed by atoms with E-state index in [1.165, 1.54) is 0 Å². The maximum absolute atomic E-state index is 10.1. The van der Waals surface area contributed by atoms with Gasteiger partial charge >= 0.3 is 0 Å². The van der Waals surface area contributed by atoms with Crippen molar-refractivity contribution in [2.45, 2.75) is 0 Å². The third-order valence-corrected chi connectivity index (χ3v) is 5.50. The van der Waals surface area contributed by atoms with Crippen LogP contribution in [0.3, 0.4) is 0 Å². The van der Waals surface area contributed by atoms with Crippen molar-refractivity contribution in [1.82, 2.24) is 24.9 Å². The Morgan fingerprint density at radius 1 is 0.611 bits per heavy atom. The molecule has 1 aliphatic rings. The van der Waals surface area contributed by atoms with E-state index in [0.717, 1.165) is 0 Å². The lowest BCUT2D eigenvalue weighted by molar-refractivity contribution is 0.604. The SMILES string of the molecule is N#CC(=C1N=c2ccccc2=N1)c1nc(-c2nc3ccccc3o2)nc(-c2nc3ccccc3o2)n1. The number of oxazole rings is 2. The number of nitriles is 1. The Bertz CT molecular complexity index is 1840. The van der Waals surface area contributed by atoms with Gasteiger partial charge in [0.15, 0.2) is 22.8 Å². The second-order valence-corrected chi connectivity index (χ2v) is 7.80. The third kappa shape index (κ3) is 3.23. The van der Waals surface area contributed by atoms with Crippen LogP contribution in [0.15, 0.2) is 97.4 Å². The molecule has 10 nitrogen and oxygen atoms in total. The molecule has 0 saturated carbocycles. The van der Waals surface area contributed by atoms with Crippen LogP contribution in [0.25, 0.3) is 51.2 Å². The maximum Gasteiger partial charge on any atom is 0.266 e. The molecule has 7 rings (SSSR count). The number of hydrogen-bond donors (Lipinski definition) is 0. The van der Waals surface area contributed by atoms with Crippen LogP contribution in [-0.2, 0) is 0 Å². The highest BCUT2D eigenvalue weighted by atomic mass is 16.4. The summed E-state index contributed by atoms with van der Waals surface area (Å²) in [5.74, 6) is 0.843. The molecular formula is C26H12N8O2. The van der Waals surface area contributed by atoms with E-state index in [1.807, 2.05) is 60.7 Å². The van der Waals surface area contributed by atoms with Crippen LogP contribution < -0.4 is 10.7 Å². The van der Waals surface area contributed by atoms with E-state index in [4.69, 9.17) is 8.83 Å². The molecule has 0 bridgehead atoms. The normalized spacial score (nSPS) is 12.2. The van der Waals surface area contributed by atoms with E-state index in [-0.39, 0.29) is 40.6 Å². The minimum absolute atomic E-state index is 0.0531. The lowest BCUT2D eigenvalue weighted by atomic mass is 10.2. The summed E-state index contributed by atoms with van der Waals surface area (Å²) in [7, 11) is 0. The molecule has 3 aromatic carbocycles. The van der Waals surface area contributed by atoms with Crippen molar-refractivity contribution < 1.29 is 8.83 Å². The summed E-state index contributed by atoms with van der Waals surface area (Å²) in [6.45, 7) is 0. The molecule has 0 unspecified atom stereocenters. The molecule has 0 atom stereocenters. The summed E-state index contributed by atoms with van der Waals surface area (Å²) in [5, 5.41) is 11.4. The molecule has 4 heterocycles. The first kappa shape index (κ1) is 19.9. The molecule has 0 saturated heterocycles. The zero-order valence-electron chi connectivity index (χ0n) is 18.3. The van der Waals surface area contributed by atoms with E-state index in [1.54, 1.807) is 12.1 Å². The number of fused-ring (bicyclic) bond motifs is 3. The topological polar surface area (TPSA) is 139 Å². The first-order chi connectivity index (χ1) is 17.7. The summed E-state index contributed by atoms with van der Waals surface area (Å²) in [6.07, 6.45) is 0. The lowest BCUT2D eigenvalue weighted by Gasteiger charge is -2.03. The third-order valence-electron chi connectivity index (χ3n) is 5.50. The molecule has 168 valence electrons. The smallest absolute Gasteiger partial charge is 0.266 e. The van der Waals surface area contributed by atoms with E-state index in [2.05, 4.69) is 41.0 Å². The molecule has 10 heteroatoms. The van der Waals surface area contributed by atoms with Gasteiger partial charge in [0.1, 0.15) is 22.7 Å². The first-order valence-corrected chi connectivity index (χ1v) is 10.9. The Kier molecular flexibility index (Phi) is 4.28. The molecular weight excluding hydrogens is 456 g/mol. The number of benzene rings is 3. The van der Waals surface area contributed by atoms with Gasteiger partial charge in [0.2, 0.25) is 11.6 Å². The zero-order chi connectivity index (χ0) is 24.1. The van der Waals surface area contributed by atoms with Crippen LogP contribution in [0.1, 0.15) is 5.82 Å². The van der Waals surface area contributed by atoms with Gasteiger partial charge in [-0.1, -0.05) is 36.4 Å². The fourth-order valence-electron chi connectivity index (χ4n) is 3.83. The predicted molar refractivity (Wildman–Crippen MR) is 127 cm³/mol. The molecule has 1 aliphatic heterocycles. The Balaban J connectivity index is 1.47. The van der Waals surface area contributed by atoms with Crippen molar-refractivity contribution in [2.24, 2.45) is 9.98 Å². The number of rotatable bonds is 3. The molecule has 0 spiro atoms. The van der Waals surface area contributed by atoms with Crippen molar-refractivity contribution in [1.29, 1.82) is 5.26 Å². The Morgan fingerprint density at radius 3 is 1.61 bits per heavy atom. The van der Waals surface area contributed by atoms with E-state index >= 15 is 0 Å². The molecule has 0 aliphatic carbocycles. The molecule has 0 radical (unpaired) electrons. The Labute approximate surface area is 201 Å². The zero-order valence-corrected chi connectivity index (χ0v) is 18.3. The maximum atomic E-state index is 10.1. The van der Waals surface area contributed by atoms with Crippen LogP contribution in [0.5, 0.6) is 0 Å². The summed E-state index contributed by atoms with van der Waals surface area (Å²) in [6, 6.07) is 24.1. The van der Waals surface area contributed by atoms with Gasteiger partial charge in [-0.2, -0.15) is 10.2 Å². The predicted octanol–water partition coefficient (Wildman–Crippen LogP) is 3.63. The monoisotopic (exact) mass is 468 g/mol. The second kappa shape index (κ2) is 7.75. The molecule has 3 aromatic heterocycles. The fourth-order valence-corrected chi connectivity index (χ4v) is 3.83. The summed E-state index contributed by atoms with van der Waals surface area (Å²) in [4.78, 5) is 31.5. The number of allylic oxidation sites excluding steroid dienone is 1. The molecule has 0 N–H and O–H groups in total. The minimum Gasteiger partial charge on any atom is -0.434 e. The molecule has 0 fully saturated rings. The highest BCUT2D eigenvalue weighted by molar-refractivity contribution is 5.79. The lowest BCUT2D eigenvalue weighted by Crippen LogP contribution is -2.19. The van der Waals surface area contributed by atoms with Gasteiger partial charge in [0.05, 0.1) is 10.7 Å². The van der Waals surface area contributed by atoms with Crippen molar-refractivity contribution in [3.05, 3.63) is 95.2 Å². The fraction of sp³-hybridized carbons (Fsp3) is 0. The first-order valence-electron chi connectivity index (χ1n) is 10.9. The number of hydrogen-bond acceptors (Lipinski definition) is 10. The average molecular weight is 468 g/mol. The van der Waals surface area contributed by atoms with Crippen LogP contribution in [0, 0.1) is 11.3 Å². The van der Waals surface area contributed by atoms with Crippen molar-refractivity contribution >= 4 is 27.8 Å². The summed E-state index contributed by atoms with van der Waals surface area (Å²) in [5.41, 5.74) is 2.52. The van der Waals surface area contributed by atoms with Gasteiger partial charge in [0, 0.05) is 0 Å². The van der Waals surface area contributed by atoms with Gasteiger partial charge in [-0.3, -0.25) is 0 Å². The summed E-state index contributed by atoms with van der Waals surface area (Å²) >= 11 is 0. The minimum atomic E-state index is 0.0531. The van der Waals surface area contributed by atoms with Crippen LogP contribution in [-0.4, -0.2) is 24.9 Å². The van der Waals surface area contributed by atoms with E-state index in [0.29, 0.717) is 32.9 Å². The highest BCUT2D eigenvalue weighted by Crippen LogP contribution is 2.28. The van der Waals surface area contributed by atoms with Crippen LogP contribution in [0.4, 0.5) is 0 Å². The van der Waals surface area contributed by atoms with Gasteiger partial charge in [-0.25, -0.2) is 29.9 Å². The highest BCUT2D eigenvalue weighted by Gasteiger charge is 2.22. The number of nitrogens with zero attached hydrogens (tertiary/aromatic N) is 8. The van der Waals surface area contributed by atoms with Gasteiger partial charge in [0.25, 0.3) is 11.8 Å². The summed E-state index contributed by atoms with van der Waals surface area (Å²) < 4.78 is 11.8. The average Bonchev–Trinajstić information content (AvgIpc) is 3.65. The number of para-hydroxylation sites is 6. The van der Waals surface area contributed by atoms with E-state index < -0.39 is 0 Å². The van der Waals surface area contributed by atoms with E-state index in [9.17, 15) is 5.26 Å². The van der Waals surface area contributed by atoms with Crippen molar-refractivity contribution in [2.75, 3.05) is 0 Å². The van der Waals surface area contributed by atoms with Gasteiger partial charge in [-0.15, -0.1) is 0 Å². The van der Waals surface area contributed by atoms with Crippen molar-refractivity contribution in [3.8, 4) is 29.5 Å². The van der Waals surface area contributed by atoms with Crippen molar-refractivity contribution in [3.63, 3.8) is 0 Å². The Hall–Kier alpha value is -5.56. The molecule has 6 aromatic rings. The van der Waals surface area contributed by atoms with Gasteiger partial charge in [-0.05, 0) is 36.4 Å². The second-order valence-electron chi connectivity index (χ2n) is 7.80. The van der Waals surface area contributed by atoms with Gasteiger partial charge < -0.3 is 8.83 Å². The standard InChI is InChI=1S/C26H12N8O2/c27-13-14(21-28-15-7-1-2-8-16(15)29-21)22-32-23(25-30-17-9-3-5-11-19(17)35-25)34-24(33-22)26-31-18-10-4-6-12-20(18)36-26/h1-12H. The largest absolute Gasteiger partial charge is 0.434 e. The Morgan fingerprint density at radius 2 is 1.11 bits per heavy atom.